The molecule has 0 aromatic heterocycles. The molecule has 1 fully saturated rings. The van der Waals surface area contributed by atoms with Crippen LogP contribution in [-0.4, -0.2) is 35.3 Å². The maximum Gasteiger partial charge on any atom is 0.324 e. The Bertz CT molecular complexity index is 1080. The van der Waals surface area contributed by atoms with Gasteiger partial charge in [0.2, 0.25) is 5.91 Å². The molecule has 3 aromatic rings. The maximum absolute atomic E-state index is 12.6. The Morgan fingerprint density at radius 2 is 1.67 bits per heavy atom. The number of rotatable bonds is 7. The van der Waals surface area contributed by atoms with Gasteiger partial charge in [-0.1, -0.05) is 66.7 Å². The Hall–Kier alpha value is -3.67. The van der Waals surface area contributed by atoms with Crippen molar-refractivity contribution in [2.75, 3.05) is 11.9 Å². The van der Waals surface area contributed by atoms with Crippen molar-refractivity contribution in [3.05, 3.63) is 78.4 Å². The van der Waals surface area contributed by atoms with Gasteiger partial charge in [0, 0.05) is 24.0 Å². The molecule has 1 heterocycles. The molecular weight excluding hydrogens is 378 g/mol. The van der Waals surface area contributed by atoms with Gasteiger partial charge in [-0.05, 0) is 29.9 Å². The van der Waals surface area contributed by atoms with Crippen LogP contribution in [0.2, 0.25) is 0 Å². The van der Waals surface area contributed by atoms with Gasteiger partial charge in [0.1, 0.15) is 6.04 Å². The average Bonchev–Trinajstić information content (AvgIpc) is 3.04. The highest BCUT2D eigenvalue weighted by atomic mass is 16.2. The van der Waals surface area contributed by atoms with Crippen molar-refractivity contribution in [2.24, 2.45) is 0 Å². The molecule has 0 saturated carbocycles. The predicted molar refractivity (Wildman–Crippen MR) is 116 cm³/mol. The van der Waals surface area contributed by atoms with Crippen LogP contribution < -0.4 is 10.6 Å². The van der Waals surface area contributed by atoms with Crippen molar-refractivity contribution in [3.63, 3.8) is 0 Å². The molecule has 1 saturated heterocycles. The zero-order chi connectivity index (χ0) is 20.9. The number of fused-ring (bicyclic) bond motifs is 1. The number of nitrogens with one attached hydrogen (secondary N) is 2. The Labute approximate surface area is 174 Å². The fraction of sp³-hybridized carbons (Fsp3) is 0.208. The van der Waals surface area contributed by atoms with E-state index in [4.69, 9.17) is 0 Å². The lowest BCUT2D eigenvalue weighted by atomic mass is 10.1. The van der Waals surface area contributed by atoms with Gasteiger partial charge >= 0.3 is 6.03 Å². The van der Waals surface area contributed by atoms with Gasteiger partial charge in [-0.2, -0.15) is 0 Å². The Balaban J connectivity index is 1.31. The molecule has 6 nitrogen and oxygen atoms in total. The van der Waals surface area contributed by atoms with Gasteiger partial charge in [-0.15, -0.1) is 0 Å². The second-order valence-corrected chi connectivity index (χ2v) is 7.34. The van der Waals surface area contributed by atoms with E-state index in [9.17, 15) is 14.4 Å². The fourth-order valence-electron chi connectivity index (χ4n) is 3.69. The number of anilines is 1. The van der Waals surface area contributed by atoms with Gasteiger partial charge in [-0.25, -0.2) is 4.79 Å². The fourth-order valence-corrected chi connectivity index (χ4v) is 3.69. The summed E-state index contributed by atoms with van der Waals surface area (Å²) in [7, 11) is 0. The summed E-state index contributed by atoms with van der Waals surface area (Å²) in [5.74, 6) is -0.454. The number of urea groups is 1. The predicted octanol–water partition coefficient (Wildman–Crippen LogP) is 3.72. The molecule has 152 valence electrons. The number of carbonyl (C=O) groups excluding carboxylic acids is 3. The van der Waals surface area contributed by atoms with Crippen LogP contribution in [0.4, 0.5) is 10.5 Å². The van der Waals surface area contributed by atoms with E-state index in [0.717, 1.165) is 22.0 Å². The van der Waals surface area contributed by atoms with Crippen molar-refractivity contribution in [1.29, 1.82) is 0 Å². The molecule has 4 rings (SSSR count). The van der Waals surface area contributed by atoms with E-state index in [2.05, 4.69) is 10.6 Å². The number of amides is 4. The second kappa shape index (κ2) is 8.78. The van der Waals surface area contributed by atoms with E-state index in [1.54, 1.807) is 0 Å². The van der Waals surface area contributed by atoms with E-state index in [0.29, 0.717) is 13.0 Å². The van der Waals surface area contributed by atoms with Crippen LogP contribution >= 0.6 is 0 Å². The summed E-state index contributed by atoms with van der Waals surface area (Å²) in [6, 6.07) is 22.2. The monoisotopic (exact) mass is 401 g/mol. The van der Waals surface area contributed by atoms with Crippen LogP contribution in [0.3, 0.4) is 0 Å². The lowest BCUT2D eigenvalue weighted by Gasteiger charge is -2.13. The topological polar surface area (TPSA) is 78.5 Å². The van der Waals surface area contributed by atoms with Crippen LogP contribution in [0.5, 0.6) is 0 Å². The smallest absolute Gasteiger partial charge is 0.324 e. The highest BCUT2D eigenvalue weighted by molar-refractivity contribution is 6.05. The third-order valence-electron chi connectivity index (χ3n) is 5.30. The van der Waals surface area contributed by atoms with Crippen LogP contribution in [0.15, 0.2) is 72.8 Å². The lowest BCUT2D eigenvalue weighted by molar-refractivity contribution is -0.127. The van der Waals surface area contributed by atoms with Crippen molar-refractivity contribution in [3.8, 4) is 0 Å². The molecule has 0 unspecified atom stereocenters. The number of imide groups is 1. The van der Waals surface area contributed by atoms with Gasteiger partial charge < -0.3 is 10.6 Å². The van der Waals surface area contributed by atoms with Crippen molar-refractivity contribution in [1.82, 2.24) is 10.2 Å². The van der Waals surface area contributed by atoms with Crippen LogP contribution in [-0.2, 0) is 16.0 Å². The summed E-state index contributed by atoms with van der Waals surface area (Å²) in [5, 5.41) is 7.62. The molecule has 30 heavy (non-hydrogen) atoms. The van der Waals surface area contributed by atoms with Crippen molar-refractivity contribution in [2.45, 2.75) is 25.3 Å². The minimum Gasteiger partial charge on any atom is -0.326 e. The van der Waals surface area contributed by atoms with Crippen LogP contribution in [0.1, 0.15) is 18.4 Å². The van der Waals surface area contributed by atoms with Gasteiger partial charge in [0.25, 0.3) is 5.91 Å². The summed E-state index contributed by atoms with van der Waals surface area (Å²) in [4.78, 5) is 38.5. The molecule has 6 heteroatoms. The molecule has 0 bridgehead atoms. The molecule has 0 aliphatic carbocycles. The SMILES string of the molecule is O=C(CC[C@@H]1NC(=O)N(CCc2ccccc2)C1=O)Nc1cccc2ccccc12. The minimum absolute atomic E-state index is 0.145. The molecular formula is C24H23N3O3. The Kier molecular flexibility index (Phi) is 5.75. The minimum atomic E-state index is -0.661. The molecule has 1 aliphatic rings. The standard InChI is InChI=1S/C24H23N3O3/c28-22(25-20-12-6-10-18-9-4-5-11-19(18)20)14-13-21-23(29)27(24(30)26-21)16-15-17-7-2-1-3-8-17/h1-12,21H,13-16H2,(H,25,28)(H,26,30)/t21-/m0/s1. The third-order valence-corrected chi connectivity index (χ3v) is 5.30. The number of hydrogen-bond acceptors (Lipinski definition) is 3. The van der Waals surface area contributed by atoms with E-state index >= 15 is 0 Å². The highest BCUT2D eigenvalue weighted by Crippen LogP contribution is 2.23. The summed E-state index contributed by atoms with van der Waals surface area (Å²) >= 11 is 0. The number of carbonyl (C=O) groups is 3. The Morgan fingerprint density at radius 1 is 0.933 bits per heavy atom. The lowest BCUT2D eigenvalue weighted by Crippen LogP contribution is -2.33. The van der Waals surface area contributed by atoms with Gasteiger partial charge in [-0.3, -0.25) is 14.5 Å². The Morgan fingerprint density at radius 3 is 2.50 bits per heavy atom. The summed E-state index contributed by atoms with van der Waals surface area (Å²) < 4.78 is 0. The van der Waals surface area contributed by atoms with Gasteiger partial charge in [0.15, 0.2) is 0 Å². The van der Waals surface area contributed by atoms with E-state index < -0.39 is 12.1 Å². The number of benzene rings is 3. The zero-order valence-electron chi connectivity index (χ0n) is 16.5. The van der Waals surface area contributed by atoms with E-state index in [-0.39, 0.29) is 24.7 Å². The first-order valence-electron chi connectivity index (χ1n) is 10.1. The van der Waals surface area contributed by atoms with Gasteiger partial charge in [0.05, 0.1) is 0 Å². The molecule has 0 radical (unpaired) electrons. The van der Waals surface area contributed by atoms with Crippen molar-refractivity contribution >= 4 is 34.3 Å². The molecule has 4 amide bonds. The molecule has 1 aliphatic heterocycles. The summed E-state index contributed by atoms with van der Waals surface area (Å²) in [6.07, 6.45) is 1.02. The summed E-state index contributed by atoms with van der Waals surface area (Å²) in [5.41, 5.74) is 1.81. The molecule has 0 spiro atoms. The number of nitrogens with zero attached hydrogens (tertiary/aromatic N) is 1. The second-order valence-electron chi connectivity index (χ2n) is 7.34. The van der Waals surface area contributed by atoms with Crippen molar-refractivity contribution < 1.29 is 14.4 Å². The highest BCUT2D eigenvalue weighted by Gasteiger charge is 2.37. The average molecular weight is 401 g/mol. The van der Waals surface area contributed by atoms with Crippen LogP contribution in [0, 0.1) is 0 Å². The quantitative estimate of drug-likeness (QED) is 0.592. The first kappa shape index (κ1) is 19.6. The number of hydrogen-bond donors (Lipinski definition) is 2. The van der Waals surface area contributed by atoms with E-state index in [1.165, 1.54) is 4.90 Å². The third kappa shape index (κ3) is 4.33. The van der Waals surface area contributed by atoms with Crippen LogP contribution in [0.25, 0.3) is 10.8 Å². The largest absolute Gasteiger partial charge is 0.326 e. The first-order valence-corrected chi connectivity index (χ1v) is 10.1. The molecule has 1 atom stereocenters. The summed E-state index contributed by atoms with van der Waals surface area (Å²) in [6.45, 7) is 0.327. The molecule has 2 N–H and O–H groups in total. The maximum atomic E-state index is 12.6. The normalized spacial score (nSPS) is 16.0. The zero-order valence-corrected chi connectivity index (χ0v) is 16.5. The van der Waals surface area contributed by atoms with E-state index in [1.807, 2.05) is 72.8 Å². The molecule has 3 aromatic carbocycles. The first-order chi connectivity index (χ1) is 14.6.